The van der Waals surface area contributed by atoms with Gasteiger partial charge in [-0.1, -0.05) is 48.5 Å². The third-order valence-corrected chi connectivity index (χ3v) is 5.88. The van der Waals surface area contributed by atoms with Gasteiger partial charge < -0.3 is 10.1 Å². The van der Waals surface area contributed by atoms with Crippen molar-refractivity contribution in [2.24, 2.45) is 0 Å². The number of halogens is 3. The molecule has 10 heteroatoms. The highest BCUT2D eigenvalue weighted by molar-refractivity contribution is 6.05. The van der Waals surface area contributed by atoms with E-state index >= 15 is 0 Å². The van der Waals surface area contributed by atoms with Crippen LogP contribution in [0.15, 0.2) is 78.9 Å². The number of aromatic nitrogens is 2. The molecule has 0 saturated carbocycles. The third kappa shape index (κ3) is 4.88. The fourth-order valence-corrected chi connectivity index (χ4v) is 4.35. The van der Waals surface area contributed by atoms with E-state index in [4.69, 9.17) is 0 Å². The predicted molar refractivity (Wildman–Crippen MR) is 128 cm³/mol. The van der Waals surface area contributed by atoms with Gasteiger partial charge in [-0.05, 0) is 36.2 Å². The van der Waals surface area contributed by atoms with Crippen LogP contribution in [0.1, 0.15) is 18.0 Å². The molecular weight excluding hydrogens is 473 g/mol. The van der Waals surface area contributed by atoms with Crippen molar-refractivity contribution < 1.29 is 27.5 Å². The van der Waals surface area contributed by atoms with E-state index in [1.165, 1.54) is 12.1 Å². The summed E-state index contributed by atoms with van der Waals surface area (Å²) in [5, 5.41) is 2.57. The summed E-state index contributed by atoms with van der Waals surface area (Å²) in [5.41, 5.74) is 2.62. The Morgan fingerprint density at radius 3 is 2.53 bits per heavy atom. The number of anilines is 2. The maximum absolute atomic E-state index is 13.4. The van der Waals surface area contributed by atoms with Gasteiger partial charge in [0.1, 0.15) is 11.8 Å². The minimum absolute atomic E-state index is 0.129. The molecule has 0 spiro atoms. The number of hydrogen-bond acceptors (Lipinski definition) is 4. The Labute approximate surface area is 204 Å². The first-order valence-electron chi connectivity index (χ1n) is 11.3. The highest BCUT2D eigenvalue weighted by Gasteiger charge is 2.40. The lowest BCUT2D eigenvalue weighted by molar-refractivity contribution is -0.274. The van der Waals surface area contributed by atoms with Gasteiger partial charge in [0, 0.05) is 18.3 Å². The van der Waals surface area contributed by atoms with Crippen LogP contribution in [0, 0.1) is 0 Å². The zero-order chi connectivity index (χ0) is 25.3. The lowest BCUT2D eigenvalue weighted by Gasteiger charge is -2.16. The molecule has 7 nitrogen and oxygen atoms in total. The first kappa shape index (κ1) is 23.4. The highest BCUT2D eigenvalue weighted by atomic mass is 19.4. The number of benzene rings is 3. The Balaban J connectivity index is 1.37. The lowest BCUT2D eigenvalue weighted by atomic mass is 10.1. The monoisotopic (exact) mass is 494 g/mol. The molecule has 1 aromatic heterocycles. The summed E-state index contributed by atoms with van der Waals surface area (Å²) < 4.78 is 43.3. The smallest absolute Gasteiger partial charge is 0.406 e. The fourth-order valence-electron chi connectivity index (χ4n) is 4.35. The van der Waals surface area contributed by atoms with Crippen molar-refractivity contribution in [3.05, 3.63) is 84.4 Å². The molecule has 2 heterocycles. The van der Waals surface area contributed by atoms with Crippen LogP contribution >= 0.6 is 0 Å². The number of fused-ring (bicyclic) bond motifs is 3. The molecule has 1 atom stereocenters. The number of ether oxygens (including phenoxy) is 1. The number of rotatable bonds is 7. The molecule has 5 rings (SSSR count). The van der Waals surface area contributed by atoms with E-state index in [1.807, 2.05) is 54.6 Å². The Morgan fingerprint density at radius 2 is 1.75 bits per heavy atom. The molecule has 184 valence electrons. The van der Waals surface area contributed by atoms with Gasteiger partial charge in [0.15, 0.2) is 0 Å². The minimum atomic E-state index is -4.85. The SMILES string of the molecule is O=C(CC1C(=O)N(CCc2ccccc2)c2nc3ccccc3n21)Nc1cccc(OC(F)(F)F)c1. The quantitative estimate of drug-likeness (QED) is 0.388. The van der Waals surface area contributed by atoms with Gasteiger partial charge in [-0.2, -0.15) is 0 Å². The van der Waals surface area contributed by atoms with E-state index in [1.54, 1.807) is 9.47 Å². The van der Waals surface area contributed by atoms with Gasteiger partial charge in [0.2, 0.25) is 11.9 Å². The predicted octanol–water partition coefficient (Wildman–Crippen LogP) is 5.09. The van der Waals surface area contributed by atoms with E-state index < -0.39 is 24.1 Å². The number of imidazole rings is 1. The second kappa shape index (κ2) is 9.37. The number of carbonyl (C=O) groups is 2. The van der Waals surface area contributed by atoms with Crippen LogP contribution in [-0.4, -0.2) is 34.3 Å². The first-order valence-corrected chi connectivity index (χ1v) is 11.3. The second-order valence-corrected chi connectivity index (χ2v) is 8.34. The van der Waals surface area contributed by atoms with Gasteiger partial charge in [-0.25, -0.2) is 4.98 Å². The van der Waals surface area contributed by atoms with E-state index in [9.17, 15) is 22.8 Å². The van der Waals surface area contributed by atoms with Gasteiger partial charge in [0.25, 0.3) is 5.91 Å². The van der Waals surface area contributed by atoms with Crippen LogP contribution in [0.4, 0.5) is 24.8 Å². The van der Waals surface area contributed by atoms with Crippen molar-refractivity contribution in [3.63, 3.8) is 0 Å². The Morgan fingerprint density at radius 1 is 1.00 bits per heavy atom. The molecular formula is C26H21F3N4O3. The van der Waals surface area contributed by atoms with Gasteiger partial charge in [-0.3, -0.25) is 19.1 Å². The number of alkyl halides is 3. The lowest BCUT2D eigenvalue weighted by Crippen LogP contribution is -2.33. The Bertz CT molecular complexity index is 1420. The summed E-state index contributed by atoms with van der Waals surface area (Å²) in [6, 6.07) is 21.2. The number of nitrogens with zero attached hydrogens (tertiary/aromatic N) is 3. The normalized spacial score (nSPS) is 15.2. The fraction of sp³-hybridized carbons (Fsp3) is 0.192. The van der Waals surface area contributed by atoms with Gasteiger partial charge in [0.05, 0.1) is 17.5 Å². The average Bonchev–Trinajstić information content (AvgIpc) is 3.32. The topological polar surface area (TPSA) is 76.5 Å². The number of nitrogens with one attached hydrogen (secondary N) is 1. The number of amides is 2. The molecule has 0 bridgehead atoms. The van der Waals surface area contributed by atoms with E-state index in [0.717, 1.165) is 23.2 Å². The van der Waals surface area contributed by atoms with Crippen LogP contribution in [0.25, 0.3) is 11.0 Å². The molecule has 0 radical (unpaired) electrons. The van der Waals surface area contributed by atoms with Crippen LogP contribution in [-0.2, 0) is 16.0 Å². The summed E-state index contributed by atoms with van der Waals surface area (Å²) in [4.78, 5) is 32.5. The molecule has 1 aliphatic rings. The van der Waals surface area contributed by atoms with E-state index in [0.29, 0.717) is 24.4 Å². The number of hydrogen-bond donors (Lipinski definition) is 1. The summed E-state index contributed by atoms with van der Waals surface area (Å²) in [6.07, 6.45) is -4.44. The molecule has 1 aliphatic heterocycles. The van der Waals surface area contributed by atoms with Crippen LogP contribution < -0.4 is 15.0 Å². The maximum atomic E-state index is 13.4. The van der Waals surface area contributed by atoms with Crippen LogP contribution in [0.3, 0.4) is 0 Å². The molecule has 1 N–H and O–H groups in total. The number of carbonyl (C=O) groups excluding carboxylic acids is 2. The van der Waals surface area contributed by atoms with Crippen LogP contribution in [0.2, 0.25) is 0 Å². The molecule has 0 saturated heterocycles. The Hall–Kier alpha value is -4.34. The molecule has 4 aromatic rings. The van der Waals surface area contributed by atoms with Crippen molar-refractivity contribution in [3.8, 4) is 5.75 Å². The first-order chi connectivity index (χ1) is 17.3. The largest absolute Gasteiger partial charge is 0.573 e. The summed E-state index contributed by atoms with van der Waals surface area (Å²) in [5.74, 6) is -0.766. The second-order valence-electron chi connectivity index (χ2n) is 8.34. The van der Waals surface area contributed by atoms with E-state index in [-0.39, 0.29) is 18.0 Å². The molecule has 36 heavy (non-hydrogen) atoms. The molecule has 2 amide bonds. The average molecular weight is 494 g/mol. The van der Waals surface area contributed by atoms with E-state index in [2.05, 4.69) is 15.0 Å². The van der Waals surface area contributed by atoms with Crippen molar-refractivity contribution in [2.75, 3.05) is 16.8 Å². The summed E-state index contributed by atoms with van der Waals surface area (Å²) in [6.45, 7) is 0.390. The standard InChI is InChI=1S/C26H21F3N4O3/c27-26(28,29)36-19-10-6-9-18(15-19)30-23(34)16-22-24(35)32(14-13-17-7-2-1-3-8-17)25-31-20-11-4-5-12-21(20)33(22)25/h1-12,15,22H,13-14,16H2,(H,30,34). The summed E-state index contributed by atoms with van der Waals surface area (Å²) in [7, 11) is 0. The van der Waals surface area contributed by atoms with Crippen molar-refractivity contribution in [1.82, 2.24) is 9.55 Å². The zero-order valence-corrected chi connectivity index (χ0v) is 18.9. The van der Waals surface area contributed by atoms with Gasteiger partial charge in [-0.15, -0.1) is 13.2 Å². The van der Waals surface area contributed by atoms with Crippen LogP contribution in [0.5, 0.6) is 5.75 Å². The third-order valence-electron chi connectivity index (χ3n) is 5.88. The maximum Gasteiger partial charge on any atom is 0.573 e. The van der Waals surface area contributed by atoms with Crippen molar-refractivity contribution >= 4 is 34.5 Å². The molecule has 3 aromatic carbocycles. The van der Waals surface area contributed by atoms with Crippen molar-refractivity contribution in [2.45, 2.75) is 25.2 Å². The Kier molecular flexibility index (Phi) is 6.09. The number of para-hydroxylation sites is 2. The highest BCUT2D eigenvalue weighted by Crippen LogP contribution is 2.36. The summed E-state index contributed by atoms with van der Waals surface area (Å²) >= 11 is 0. The zero-order valence-electron chi connectivity index (χ0n) is 18.9. The van der Waals surface area contributed by atoms with Gasteiger partial charge >= 0.3 is 6.36 Å². The molecule has 0 aliphatic carbocycles. The molecule has 1 unspecified atom stereocenters. The minimum Gasteiger partial charge on any atom is -0.406 e. The molecule has 0 fully saturated rings. The van der Waals surface area contributed by atoms with Crippen molar-refractivity contribution in [1.29, 1.82) is 0 Å².